The first kappa shape index (κ1) is 13.3. The molecule has 0 aromatic rings. The van der Waals surface area contributed by atoms with E-state index in [2.05, 4.69) is 5.32 Å². The van der Waals surface area contributed by atoms with Gasteiger partial charge in [-0.3, -0.25) is 0 Å². The highest BCUT2D eigenvalue weighted by atomic mass is 16.5. The van der Waals surface area contributed by atoms with E-state index >= 15 is 0 Å². The molecule has 0 aromatic heterocycles. The van der Waals surface area contributed by atoms with Crippen LogP contribution in [0.2, 0.25) is 0 Å². The van der Waals surface area contributed by atoms with Crippen LogP contribution < -0.4 is 5.32 Å². The van der Waals surface area contributed by atoms with Crippen molar-refractivity contribution in [3.05, 3.63) is 0 Å². The summed E-state index contributed by atoms with van der Waals surface area (Å²) in [4.78, 5) is 0. The zero-order valence-corrected chi connectivity index (χ0v) is 10.9. The molecule has 2 rings (SSSR count). The second-order valence-electron chi connectivity index (χ2n) is 5.64. The van der Waals surface area contributed by atoms with Gasteiger partial charge in [-0.05, 0) is 25.7 Å². The van der Waals surface area contributed by atoms with Gasteiger partial charge in [-0.2, -0.15) is 0 Å². The fourth-order valence-electron chi connectivity index (χ4n) is 2.97. The van der Waals surface area contributed by atoms with Crippen LogP contribution in [-0.4, -0.2) is 36.5 Å². The largest absolute Gasteiger partial charge is 0.389 e. The highest BCUT2D eigenvalue weighted by Crippen LogP contribution is 2.20. The van der Waals surface area contributed by atoms with Crippen molar-refractivity contribution in [2.45, 2.75) is 76.0 Å². The minimum absolute atomic E-state index is 0.336. The van der Waals surface area contributed by atoms with Gasteiger partial charge in [0.15, 0.2) is 0 Å². The highest BCUT2D eigenvalue weighted by Gasteiger charge is 2.18. The van der Waals surface area contributed by atoms with E-state index in [-0.39, 0.29) is 6.10 Å². The Morgan fingerprint density at radius 3 is 2.35 bits per heavy atom. The monoisotopic (exact) mass is 241 g/mol. The van der Waals surface area contributed by atoms with Crippen LogP contribution in [0.1, 0.15) is 57.8 Å². The van der Waals surface area contributed by atoms with E-state index in [9.17, 15) is 5.11 Å². The molecule has 3 nitrogen and oxygen atoms in total. The summed E-state index contributed by atoms with van der Waals surface area (Å²) in [6, 6.07) is 0.638. The number of aliphatic hydroxyl groups excluding tert-OH is 1. The van der Waals surface area contributed by atoms with Gasteiger partial charge in [0, 0.05) is 12.6 Å². The van der Waals surface area contributed by atoms with Crippen LogP contribution in [-0.2, 0) is 4.74 Å². The number of aliphatic hydroxyl groups is 1. The summed E-state index contributed by atoms with van der Waals surface area (Å²) in [6.45, 7) is 1.20. The standard InChI is InChI=1S/C14H27NO2/c16-13(10-15-12-6-4-5-7-12)11-17-14-8-2-1-3-9-14/h12-16H,1-11H2. The second kappa shape index (κ2) is 7.34. The summed E-state index contributed by atoms with van der Waals surface area (Å²) < 4.78 is 5.77. The molecule has 0 bridgehead atoms. The Bertz CT molecular complexity index is 198. The fraction of sp³-hybridized carbons (Fsp3) is 1.00. The summed E-state index contributed by atoms with van der Waals surface area (Å²) >= 11 is 0. The molecule has 2 aliphatic carbocycles. The molecule has 0 aliphatic heterocycles. The number of rotatable bonds is 6. The summed E-state index contributed by atoms with van der Waals surface area (Å²) in [5.74, 6) is 0. The Hall–Kier alpha value is -0.120. The maximum atomic E-state index is 9.85. The molecule has 0 aromatic carbocycles. The molecule has 0 amide bonds. The summed E-state index contributed by atoms with van der Waals surface area (Å²) in [5.41, 5.74) is 0. The van der Waals surface area contributed by atoms with Crippen molar-refractivity contribution in [1.29, 1.82) is 0 Å². The van der Waals surface area contributed by atoms with Gasteiger partial charge in [0.25, 0.3) is 0 Å². The van der Waals surface area contributed by atoms with Gasteiger partial charge in [-0.1, -0.05) is 32.1 Å². The average Bonchev–Trinajstić information content (AvgIpc) is 2.88. The number of nitrogens with one attached hydrogen (secondary N) is 1. The molecule has 3 heteroatoms. The Balaban J connectivity index is 1.52. The number of hydrogen-bond acceptors (Lipinski definition) is 3. The van der Waals surface area contributed by atoms with Crippen molar-refractivity contribution in [2.75, 3.05) is 13.2 Å². The predicted octanol–water partition coefficient (Wildman–Crippen LogP) is 2.23. The van der Waals surface area contributed by atoms with Crippen molar-refractivity contribution >= 4 is 0 Å². The van der Waals surface area contributed by atoms with Crippen LogP contribution in [0.4, 0.5) is 0 Å². The molecular weight excluding hydrogens is 214 g/mol. The highest BCUT2D eigenvalue weighted by molar-refractivity contribution is 4.75. The van der Waals surface area contributed by atoms with Crippen LogP contribution >= 0.6 is 0 Å². The maximum Gasteiger partial charge on any atom is 0.0897 e. The van der Waals surface area contributed by atoms with E-state index in [1.807, 2.05) is 0 Å². The van der Waals surface area contributed by atoms with Crippen molar-refractivity contribution in [3.63, 3.8) is 0 Å². The third-order valence-corrected chi connectivity index (χ3v) is 4.07. The van der Waals surface area contributed by atoms with E-state index in [1.54, 1.807) is 0 Å². The van der Waals surface area contributed by atoms with Crippen LogP contribution in [0.5, 0.6) is 0 Å². The van der Waals surface area contributed by atoms with Gasteiger partial charge in [0.1, 0.15) is 0 Å². The first-order valence-corrected chi connectivity index (χ1v) is 7.37. The van der Waals surface area contributed by atoms with Crippen molar-refractivity contribution in [3.8, 4) is 0 Å². The minimum Gasteiger partial charge on any atom is -0.389 e. The van der Waals surface area contributed by atoms with Crippen LogP contribution in [0, 0.1) is 0 Å². The quantitative estimate of drug-likeness (QED) is 0.749. The third kappa shape index (κ3) is 4.94. The third-order valence-electron chi connectivity index (χ3n) is 4.07. The van der Waals surface area contributed by atoms with E-state index in [0.717, 1.165) is 0 Å². The molecule has 17 heavy (non-hydrogen) atoms. The van der Waals surface area contributed by atoms with Crippen LogP contribution in [0.3, 0.4) is 0 Å². The number of hydrogen-bond donors (Lipinski definition) is 2. The molecule has 2 saturated carbocycles. The smallest absolute Gasteiger partial charge is 0.0897 e. The summed E-state index contributed by atoms with van der Waals surface area (Å²) in [7, 11) is 0. The lowest BCUT2D eigenvalue weighted by atomic mass is 9.98. The Morgan fingerprint density at radius 2 is 1.65 bits per heavy atom. The molecule has 2 N–H and O–H groups in total. The SMILES string of the molecule is OC(CNC1CCCC1)COC1CCCCC1. The topological polar surface area (TPSA) is 41.5 Å². The van der Waals surface area contributed by atoms with Crippen LogP contribution in [0.15, 0.2) is 0 Å². The average molecular weight is 241 g/mol. The minimum atomic E-state index is -0.336. The van der Waals surface area contributed by atoms with E-state index in [1.165, 1.54) is 57.8 Å². The van der Waals surface area contributed by atoms with Crippen LogP contribution in [0.25, 0.3) is 0 Å². The van der Waals surface area contributed by atoms with E-state index in [0.29, 0.717) is 25.3 Å². The summed E-state index contributed by atoms with van der Waals surface area (Å²) in [5, 5.41) is 13.3. The second-order valence-corrected chi connectivity index (χ2v) is 5.64. The molecule has 0 radical (unpaired) electrons. The molecular formula is C14H27NO2. The summed E-state index contributed by atoms with van der Waals surface area (Å²) in [6.07, 6.45) is 11.6. The van der Waals surface area contributed by atoms with E-state index < -0.39 is 0 Å². The zero-order chi connectivity index (χ0) is 11.9. The Labute approximate surface area is 105 Å². The lowest BCUT2D eigenvalue weighted by Gasteiger charge is -2.24. The molecule has 1 unspecified atom stereocenters. The van der Waals surface area contributed by atoms with Gasteiger partial charge < -0.3 is 15.2 Å². The predicted molar refractivity (Wildman–Crippen MR) is 69.1 cm³/mol. The Kier molecular flexibility index (Phi) is 5.75. The molecule has 2 aliphatic rings. The molecule has 0 spiro atoms. The molecule has 100 valence electrons. The molecule has 0 heterocycles. The first-order valence-electron chi connectivity index (χ1n) is 7.37. The van der Waals surface area contributed by atoms with Gasteiger partial charge in [-0.25, -0.2) is 0 Å². The molecule has 1 atom stereocenters. The van der Waals surface area contributed by atoms with Gasteiger partial charge in [0.2, 0.25) is 0 Å². The van der Waals surface area contributed by atoms with Gasteiger partial charge in [0.05, 0.1) is 18.8 Å². The van der Waals surface area contributed by atoms with Gasteiger partial charge in [-0.15, -0.1) is 0 Å². The van der Waals surface area contributed by atoms with Gasteiger partial charge >= 0.3 is 0 Å². The fourth-order valence-corrected chi connectivity index (χ4v) is 2.97. The lowest BCUT2D eigenvalue weighted by Crippen LogP contribution is -2.37. The normalized spacial score (nSPS) is 25.2. The van der Waals surface area contributed by atoms with Crippen molar-refractivity contribution in [2.24, 2.45) is 0 Å². The van der Waals surface area contributed by atoms with Crippen molar-refractivity contribution < 1.29 is 9.84 Å². The zero-order valence-electron chi connectivity index (χ0n) is 10.9. The van der Waals surface area contributed by atoms with Crippen molar-refractivity contribution in [1.82, 2.24) is 5.32 Å². The molecule has 2 fully saturated rings. The number of ether oxygens (including phenoxy) is 1. The van der Waals surface area contributed by atoms with E-state index in [4.69, 9.17) is 4.74 Å². The Morgan fingerprint density at radius 1 is 1.00 bits per heavy atom. The maximum absolute atomic E-state index is 9.85. The lowest BCUT2D eigenvalue weighted by molar-refractivity contribution is -0.0235. The first-order chi connectivity index (χ1) is 8.34. The molecule has 0 saturated heterocycles.